The molecule has 2 aromatic rings. The lowest BCUT2D eigenvalue weighted by atomic mass is 10.0. The third-order valence-corrected chi connectivity index (χ3v) is 5.65. The molecule has 5 nitrogen and oxygen atoms in total. The smallest absolute Gasteiger partial charge is 0.147 e. The third kappa shape index (κ3) is 3.11. The van der Waals surface area contributed by atoms with Crippen LogP contribution in [0.2, 0.25) is 0 Å². The molecule has 0 amide bonds. The molecule has 1 aromatic heterocycles. The van der Waals surface area contributed by atoms with E-state index in [0.29, 0.717) is 18.0 Å². The topological polar surface area (TPSA) is 43.2 Å². The van der Waals surface area contributed by atoms with Crippen molar-refractivity contribution in [2.24, 2.45) is 0 Å². The van der Waals surface area contributed by atoms with Crippen LogP contribution >= 0.6 is 0 Å². The van der Waals surface area contributed by atoms with Gasteiger partial charge in [0.15, 0.2) is 0 Å². The number of aromatic nitrogens is 3. The van der Waals surface area contributed by atoms with Crippen molar-refractivity contribution in [1.82, 2.24) is 19.7 Å². The van der Waals surface area contributed by atoms with Gasteiger partial charge in [0.05, 0.1) is 25.3 Å². The lowest BCUT2D eigenvalue weighted by molar-refractivity contribution is -0.0609. The molecule has 5 heteroatoms. The highest BCUT2D eigenvalue weighted by molar-refractivity contribution is 5.20. The molecule has 2 heterocycles. The summed E-state index contributed by atoms with van der Waals surface area (Å²) in [6.45, 7) is 4.72. The first kappa shape index (κ1) is 15.5. The molecule has 0 radical (unpaired) electrons. The maximum absolute atomic E-state index is 5.97. The zero-order valence-electron chi connectivity index (χ0n) is 14.8. The Kier molecular flexibility index (Phi) is 3.86. The van der Waals surface area contributed by atoms with Gasteiger partial charge in [0.2, 0.25) is 0 Å². The van der Waals surface area contributed by atoms with Gasteiger partial charge in [0, 0.05) is 18.5 Å². The van der Waals surface area contributed by atoms with E-state index >= 15 is 0 Å². The molecule has 1 aromatic carbocycles. The molecule has 0 bridgehead atoms. The normalized spacial score (nSPS) is 27.6. The summed E-state index contributed by atoms with van der Waals surface area (Å²) in [5, 5.41) is 9.19. The maximum Gasteiger partial charge on any atom is 0.147 e. The Morgan fingerprint density at radius 2 is 1.88 bits per heavy atom. The summed E-state index contributed by atoms with van der Waals surface area (Å²) in [5.74, 6) is 3.06. The van der Waals surface area contributed by atoms with E-state index in [4.69, 9.17) is 4.74 Å². The van der Waals surface area contributed by atoms with Crippen molar-refractivity contribution in [2.75, 3.05) is 13.2 Å². The molecule has 1 aliphatic heterocycles. The molecule has 2 atom stereocenters. The molecule has 5 rings (SSSR count). The summed E-state index contributed by atoms with van der Waals surface area (Å²) in [6, 6.07) is 11.7. The zero-order valence-corrected chi connectivity index (χ0v) is 14.8. The Balaban J connectivity index is 1.43. The van der Waals surface area contributed by atoms with Gasteiger partial charge >= 0.3 is 0 Å². The van der Waals surface area contributed by atoms with Crippen LogP contribution in [-0.4, -0.2) is 38.9 Å². The highest BCUT2D eigenvalue weighted by Gasteiger charge is 2.37. The van der Waals surface area contributed by atoms with Crippen LogP contribution in [0.5, 0.6) is 0 Å². The van der Waals surface area contributed by atoms with Crippen molar-refractivity contribution >= 4 is 0 Å². The van der Waals surface area contributed by atoms with Crippen molar-refractivity contribution in [3.63, 3.8) is 0 Å². The predicted molar refractivity (Wildman–Crippen MR) is 95.3 cm³/mol. The van der Waals surface area contributed by atoms with Crippen molar-refractivity contribution in [3.8, 4) is 0 Å². The molecule has 2 saturated carbocycles. The molecular weight excluding hydrogens is 312 g/mol. The fourth-order valence-corrected chi connectivity index (χ4v) is 4.01. The summed E-state index contributed by atoms with van der Waals surface area (Å²) in [7, 11) is 0. The second-order valence-electron chi connectivity index (χ2n) is 7.85. The van der Waals surface area contributed by atoms with E-state index in [1.165, 1.54) is 37.1 Å². The van der Waals surface area contributed by atoms with Crippen LogP contribution in [0.4, 0.5) is 0 Å². The summed E-state index contributed by atoms with van der Waals surface area (Å²) >= 11 is 0. The summed E-state index contributed by atoms with van der Waals surface area (Å²) in [4.78, 5) is 2.53. The van der Waals surface area contributed by atoms with Crippen LogP contribution in [0.1, 0.15) is 67.8 Å². The first-order chi connectivity index (χ1) is 12.3. The number of rotatable bonds is 5. The van der Waals surface area contributed by atoms with Gasteiger partial charge in [0.25, 0.3) is 0 Å². The van der Waals surface area contributed by atoms with Crippen molar-refractivity contribution in [3.05, 3.63) is 47.5 Å². The summed E-state index contributed by atoms with van der Waals surface area (Å²) < 4.78 is 8.44. The molecule has 3 aliphatic rings. The van der Waals surface area contributed by atoms with Crippen molar-refractivity contribution in [2.45, 2.75) is 63.3 Å². The van der Waals surface area contributed by atoms with Crippen LogP contribution in [0.25, 0.3) is 0 Å². The molecule has 3 fully saturated rings. The third-order valence-electron chi connectivity index (χ3n) is 5.65. The first-order valence-electron chi connectivity index (χ1n) is 9.64. The monoisotopic (exact) mass is 338 g/mol. The second-order valence-corrected chi connectivity index (χ2v) is 7.85. The van der Waals surface area contributed by atoms with E-state index in [2.05, 4.69) is 56.9 Å². The molecule has 0 spiro atoms. The number of hydrogen-bond acceptors (Lipinski definition) is 4. The van der Waals surface area contributed by atoms with Crippen molar-refractivity contribution in [1.29, 1.82) is 0 Å². The molecule has 25 heavy (non-hydrogen) atoms. The Morgan fingerprint density at radius 3 is 2.60 bits per heavy atom. The highest BCUT2D eigenvalue weighted by atomic mass is 16.5. The summed E-state index contributed by atoms with van der Waals surface area (Å²) in [6.07, 6.45) is 5.40. The average molecular weight is 338 g/mol. The van der Waals surface area contributed by atoms with Crippen LogP contribution in [-0.2, 0) is 11.3 Å². The molecule has 2 aliphatic carbocycles. The maximum atomic E-state index is 5.97. The second kappa shape index (κ2) is 6.22. The van der Waals surface area contributed by atoms with E-state index < -0.39 is 0 Å². The number of hydrogen-bond donors (Lipinski definition) is 0. The number of ether oxygens (including phenoxy) is 1. The predicted octanol–water partition coefficient (Wildman–Crippen LogP) is 3.45. The molecule has 0 unspecified atom stereocenters. The van der Waals surface area contributed by atoms with E-state index in [-0.39, 0.29) is 6.10 Å². The SMILES string of the molecule is C[C@H]1CN(Cc2nnc(C3CC3)n2C2CC2)[C@H](c2ccccc2)CO1. The van der Waals surface area contributed by atoms with E-state index in [0.717, 1.165) is 25.5 Å². The Bertz CT molecular complexity index is 735. The van der Waals surface area contributed by atoms with Crippen LogP contribution in [0, 0.1) is 0 Å². The van der Waals surface area contributed by atoms with Gasteiger partial charge in [-0.3, -0.25) is 4.90 Å². The standard InChI is InChI=1S/C20H26N4O/c1-14-11-23(18(13-25-14)15-5-3-2-4-6-15)12-19-21-22-20(16-7-8-16)24(19)17-9-10-17/h2-6,14,16-18H,7-13H2,1H3/t14-,18-/m0/s1. The minimum atomic E-state index is 0.264. The van der Waals surface area contributed by atoms with Gasteiger partial charge in [-0.15, -0.1) is 10.2 Å². The van der Waals surface area contributed by atoms with E-state index in [9.17, 15) is 0 Å². The van der Waals surface area contributed by atoms with Crippen LogP contribution < -0.4 is 0 Å². The van der Waals surface area contributed by atoms with Crippen molar-refractivity contribution < 1.29 is 4.74 Å². The van der Waals surface area contributed by atoms with E-state index in [1.54, 1.807) is 0 Å². The Morgan fingerprint density at radius 1 is 1.08 bits per heavy atom. The Hall–Kier alpha value is -1.72. The van der Waals surface area contributed by atoms with E-state index in [1.807, 2.05) is 0 Å². The molecule has 132 valence electrons. The number of morpholine rings is 1. The first-order valence-corrected chi connectivity index (χ1v) is 9.64. The average Bonchev–Trinajstić information content (AvgIpc) is 3.55. The van der Waals surface area contributed by atoms with Gasteiger partial charge in [-0.25, -0.2) is 0 Å². The zero-order chi connectivity index (χ0) is 16.8. The lowest BCUT2D eigenvalue weighted by Gasteiger charge is -2.38. The summed E-state index contributed by atoms with van der Waals surface area (Å²) in [5.41, 5.74) is 1.33. The minimum absolute atomic E-state index is 0.264. The Labute approximate surface area is 149 Å². The molecule has 0 N–H and O–H groups in total. The fourth-order valence-electron chi connectivity index (χ4n) is 4.01. The van der Waals surface area contributed by atoms with Crippen LogP contribution in [0.3, 0.4) is 0 Å². The minimum Gasteiger partial charge on any atom is -0.375 e. The van der Waals surface area contributed by atoms with Gasteiger partial charge in [-0.05, 0) is 38.2 Å². The van der Waals surface area contributed by atoms with Gasteiger partial charge in [-0.2, -0.15) is 0 Å². The largest absolute Gasteiger partial charge is 0.375 e. The fraction of sp³-hybridized carbons (Fsp3) is 0.600. The molecule has 1 saturated heterocycles. The van der Waals surface area contributed by atoms with Gasteiger partial charge in [-0.1, -0.05) is 30.3 Å². The van der Waals surface area contributed by atoms with Gasteiger partial charge < -0.3 is 9.30 Å². The molecular formula is C20H26N4O. The number of nitrogens with zero attached hydrogens (tertiary/aromatic N) is 4. The highest BCUT2D eigenvalue weighted by Crippen LogP contribution is 2.45. The number of benzene rings is 1. The quantitative estimate of drug-likeness (QED) is 0.837. The van der Waals surface area contributed by atoms with Gasteiger partial charge in [0.1, 0.15) is 11.6 Å². The van der Waals surface area contributed by atoms with Crippen LogP contribution in [0.15, 0.2) is 30.3 Å². The lowest BCUT2D eigenvalue weighted by Crippen LogP contribution is -2.43.